The molecule has 34 heavy (non-hydrogen) atoms. The number of aliphatic hydroxyl groups is 1. The number of thiazole rings is 1. The van der Waals surface area contributed by atoms with Crippen LogP contribution >= 0.6 is 11.3 Å². The van der Waals surface area contributed by atoms with E-state index in [1.54, 1.807) is 6.07 Å². The number of halogens is 2. The van der Waals surface area contributed by atoms with Crippen LogP contribution in [0.4, 0.5) is 19.6 Å². The van der Waals surface area contributed by atoms with Crippen LogP contribution in [0, 0.1) is 6.92 Å². The lowest BCUT2D eigenvalue weighted by Crippen LogP contribution is -2.55. The molecule has 2 unspecified atom stereocenters. The number of rotatable bonds is 5. The SMILES string of the molecule is Cc1csc(-c2ccc(OC(F)(F)C(C)(C)O)c3nc(N4CC5CCC(C4)N5C(=O)O)oc23)n1. The first-order valence-corrected chi connectivity index (χ1v) is 11.7. The average Bonchev–Trinajstić information content (AvgIpc) is 3.43. The number of hydrogen-bond donors (Lipinski definition) is 2. The Labute approximate surface area is 197 Å². The molecule has 2 aliphatic rings. The molecule has 4 heterocycles. The van der Waals surface area contributed by atoms with E-state index >= 15 is 0 Å². The molecule has 9 nitrogen and oxygen atoms in total. The van der Waals surface area contributed by atoms with Crippen LogP contribution in [-0.2, 0) is 0 Å². The molecule has 5 rings (SSSR count). The van der Waals surface area contributed by atoms with E-state index in [4.69, 9.17) is 9.15 Å². The molecule has 2 N–H and O–H groups in total. The van der Waals surface area contributed by atoms with Crippen molar-refractivity contribution in [2.45, 2.75) is 57.4 Å². The Balaban J connectivity index is 1.57. The predicted octanol–water partition coefficient (Wildman–Crippen LogP) is 4.33. The number of ether oxygens (including phenoxy) is 1. The number of piperazine rings is 1. The number of carbonyl (C=O) groups is 1. The van der Waals surface area contributed by atoms with Crippen LogP contribution in [0.2, 0.25) is 0 Å². The Kier molecular flexibility index (Phi) is 5.21. The summed E-state index contributed by atoms with van der Waals surface area (Å²) in [6, 6.07) is 2.77. The molecule has 1 aromatic carbocycles. The summed E-state index contributed by atoms with van der Waals surface area (Å²) in [5.74, 6) is -0.235. The van der Waals surface area contributed by atoms with Crippen molar-refractivity contribution in [3.05, 3.63) is 23.2 Å². The first-order chi connectivity index (χ1) is 15.9. The van der Waals surface area contributed by atoms with Crippen LogP contribution in [0.3, 0.4) is 0 Å². The van der Waals surface area contributed by atoms with Crippen molar-refractivity contribution in [1.29, 1.82) is 0 Å². The van der Waals surface area contributed by atoms with Crippen molar-refractivity contribution in [2.24, 2.45) is 0 Å². The van der Waals surface area contributed by atoms with Crippen LogP contribution in [0.5, 0.6) is 5.75 Å². The van der Waals surface area contributed by atoms with Gasteiger partial charge in [0, 0.05) is 24.2 Å². The Morgan fingerprint density at radius 1 is 1.24 bits per heavy atom. The molecule has 0 spiro atoms. The third-order valence-corrected chi connectivity index (χ3v) is 7.26. The second-order valence-corrected chi connectivity index (χ2v) is 10.1. The number of benzene rings is 1. The maximum atomic E-state index is 14.5. The minimum Gasteiger partial charge on any atom is -0.465 e. The van der Waals surface area contributed by atoms with Gasteiger partial charge in [0.25, 0.3) is 6.01 Å². The number of carboxylic acid groups (broad SMARTS) is 1. The van der Waals surface area contributed by atoms with Crippen LogP contribution in [0.25, 0.3) is 21.7 Å². The van der Waals surface area contributed by atoms with E-state index in [0.29, 0.717) is 23.7 Å². The number of nitrogens with zero attached hydrogens (tertiary/aromatic N) is 4. The molecule has 2 saturated heterocycles. The normalized spacial score (nSPS) is 20.9. The van der Waals surface area contributed by atoms with Crippen molar-refractivity contribution < 1.29 is 32.9 Å². The lowest BCUT2D eigenvalue weighted by Gasteiger charge is -2.38. The summed E-state index contributed by atoms with van der Waals surface area (Å²) in [6.45, 7) is 4.54. The molecule has 2 fully saturated rings. The molecule has 0 radical (unpaired) electrons. The van der Waals surface area contributed by atoms with E-state index in [1.807, 2.05) is 17.2 Å². The first kappa shape index (κ1) is 22.8. The fourth-order valence-corrected chi connectivity index (χ4v) is 5.29. The van der Waals surface area contributed by atoms with E-state index in [-0.39, 0.29) is 34.9 Å². The number of anilines is 1. The zero-order valence-electron chi connectivity index (χ0n) is 18.8. The van der Waals surface area contributed by atoms with E-state index in [0.717, 1.165) is 32.4 Å². The molecule has 2 aliphatic heterocycles. The summed E-state index contributed by atoms with van der Waals surface area (Å²) in [4.78, 5) is 23.9. The molecule has 0 saturated carbocycles. The molecule has 2 atom stereocenters. The molecular formula is C22H24F2N4O5S. The van der Waals surface area contributed by atoms with E-state index in [9.17, 15) is 23.8 Å². The van der Waals surface area contributed by atoms with Crippen LogP contribution < -0.4 is 9.64 Å². The molecule has 182 valence electrons. The monoisotopic (exact) mass is 494 g/mol. The van der Waals surface area contributed by atoms with Crippen molar-refractivity contribution in [2.75, 3.05) is 18.0 Å². The van der Waals surface area contributed by atoms with Crippen LogP contribution in [-0.4, -0.2) is 68.1 Å². The first-order valence-electron chi connectivity index (χ1n) is 10.9. The number of amides is 1. The lowest BCUT2D eigenvalue weighted by molar-refractivity contribution is -0.275. The van der Waals surface area contributed by atoms with Crippen LogP contribution in [0.15, 0.2) is 21.9 Å². The summed E-state index contributed by atoms with van der Waals surface area (Å²) in [5.41, 5.74) is -0.719. The number of oxazole rings is 1. The summed E-state index contributed by atoms with van der Waals surface area (Å²) < 4.78 is 40.1. The van der Waals surface area contributed by atoms with Gasteiger partial charge >= 0.3 is 12.2 Å². The highest BCUT2D eigenvalue weighted by Crippen LogP contribution is 2.42. The van der Waals surface area contributed by atoms with Gasteiger partial charge in [-0.2, -0.15) is 13.8 Å². The van der Waals surface area contributed by atoms with Gasteiger partial charge in [-0.05, 0) is 45.7 Å². The second-order valence-electron chi connectivity index (χ2n) is 9.24. The van der Waals surface area contributed by atoms with E-state index in [2.05, 4.69) is 9.97 Å². The predicted molar refractivity (Wildman–Crippen MR) is 121 cm³/mol. The van der Waals surface area contributed by atoms with Crippen molar-refractivity contribution in [3.63, 3.8) is 0 Å². The number of alkyl halides is 2. The quantitative estimate of drug-likeness (QED) is 0.539. The van der Waals surface area contributed by atoms with Gasteiger partial charge in [-0.15, -0.1) is 11.3 Å². The molecule has 2 bridgehead atoms. The summed E-state index contributed by atoms with van der Waals surface area (Å²) in [5, 5.41) is 21.9. The van der Waals surface area contributed by atoms with Gasteiger partial charge in [-0.1, -0.05) is 0 Å². The van der Waals surface area contributed by atoms with Crippen molar-refractivity contribution >= 4 is 34.5 Å². The number of fused-ring (bicyclic) bond motifs is 3. The maximum Gasteiger partial charge on any atom is 0.426 e. The number of hydrogen-bond acceptors (Lipinski definition) is 8. The fourth-order valence-electron chi connectivity index (χ4n) is 4.47. The molecule has 3 aromatic rings. The standard InChI is InChI=1S/C22H24F2N4O5S/c1-11-10-34-18(25-11)14-6-7-15(33-22(23,24)21(2,3)31)16-17(14)32-19(26-16)27-8-12-4-5-13(9-27)28(12)20(29)30/h6-7,10,12-13,31H,4-5,8-9H2,1-3H3,(H,29,30). The second kappa shape index (κ2) is 7.77. The fraction of sp³-hybridized carbons (Fsp3) is 0.500. The van der Waals surface area contributed by atoms with Gasteiger partial charge in [0.1, 0.15) is 5.01 Å². The van der Waals surface area contributed by atoms with Crippen LogP contribution in [0.1, 0.15) is 32.4 Å². The van der Waals surface area contributed by atoms with Gasteiger partial charge in [-0.3, -0.25) is 4.90 Å². The van der Waals surface area contributed by atoms with Gasteiger partial charge in [0.05, 0.1) is 17.6 Å². The highest BCUT2D eigenvalue weighted by molar-refractivity contribution is 7.13. The lowest BCUT2D eigenvalue weighted by atomic mass is 10.1. The molecule has 12 heteroatoms. The summed E-state index contributed by atoms with van der Waals surface area (Å²) in [7, 11) is 0. The molecule has 2 aromatic heterocycles. The maximum absolute atomic E-state index is 14.5. The molecule has 1 amide bonds. The van der Waals surface area contributed by atoms with Gasteiger partial charge in [-0.25, -0.2) is 9.78 Å². The Morgan fingerprint density at radius 2 is 1.91 bits per heavy atom. The van der Waals surface area contributed by atoms with Gasteiger partial charge < -0.3 is 24.3 Å². The summed E-state index contributed by atoms with van der Waals surface area (Å²) in [6.07, 6.45) is -3.35. The Hall–Kier alpha value is -2.99. The smallest absolute Gasteiger partial charge is 0.426 e. The average molecular weight is 495 g/mol. The number of aryl methyl sites for hydroxylation is 1. The van der Waals surface area contributed by atoms with Gasteiger partial charge in [0.15, 0.2) is 22.5 Å². The van der Waals surface area contributed by atoms with Crippen molar-refractivity contribution in [1.82, 2.24) is 14.9 Å². The molecule has 0 aliphatic carbocycles. The Morgan fingerprint density at radius 3 is 2.47 bits per heavy atom. The zero-order valence-corrected chi connectivity index (χ0v) is 19.6. The third-order valence-electron chi connectivity index (χ3n) is 6.27. The van der Waals surface area contributed by atoms with Crippen molar-refractivity contribution in [3.8, 4) is 16.3 Å². The van der Waals surface area contributed by atoms with E-state index in [1.165, 1.54) is 22.3 Å². The highest BCUT2D eigenvalue weighted by atomic mass is 32.1. The largest absolute Gasteiger partial charge is 0.465 e. The number of aromatic nitrogens is 2. The van der Waals surface area contributed by atoms with Gasteiger partial charge in [0.2, 0.25) is 0 Å². The Bertz CT molecular complexity index is 1240. The zero-order chi connectivity index (χ0) is 24.4. The third kappa shape index (κ3) is 3.74. The highest BCUT2D eigenvalue weighted by Gasteiger charge is 2.49. The topological polar surface area (TPSA) is 112 Å². The minimum atomic E-state index is -3.88. The summed E-state index contributed by atoms with van der Waals surface area (Å²) >= 11 is 1.39. The van der Waals surface area contributed by atoms with E-state index < -0.39 is 17.8 Å². The minimum absolute atomic E-state index is 0.0808. The molecular weight excluding hydrogens is 470 g/mol.